The van der Waals surface area contributed by atoms with Crippen molar-refractivity contribution in [2.75, 3.05) is 13.2 Å². The maximum absolute atomic E-state index is 12.4. The zero-order valence-electron chi connectivity index (χ0n) is 19.1. The van der Waals surface area contributed by atoms with Crippen molar-refractivity contribution in [1.82, 2.24) is 5.43 Å². The maximum atomic E-state index is 12.4. The topological polar surface area (TPSA) is 103 Å². The number of carbonyl (C=O) groups is 1. The molecule has 1 N–H and O–H groups in total. The van der Waals surface area contributed by atoms with E-state index in [1.54, 1.807) is 42.5 Å². The molecule has 0 heterocycles. The molecule has 0 saturated heterocycles. The molecule has 0 aliphatic carbocycles. The summed E-state index contributed by atoms with van der Waals surface area (Å²) in [6, 6.07) is 17.6. The number of hydrogen-bond acceptors (Lipinski definition) is 7. The molecule has 1 amide bonds. The lowest BCUT2D eigenvalue weighted by Gasteiger charge is -2.11. The molecule has 0 spiro atoms. The lowest BCUT2D eigenvalue weighted by Crippen LogP contribution is -2.17. The van der Waals surface area contributed by atoms with Crippen molar-refractivity contribution in [2.24, 2.45) is 5.10 Å². The van der Waals surface area contributed by atoms with Crippen LogP contribution in [0, 0.1) is 6.92 Å². The summed E-state index contributed by atoms with van der Waals surface area (Å²) < 4.78 is 41.0. The van der Waals surface area contributed by atoms with Crippen LogP contribution < -0.4 is 19.1 Å². The molecule has 0 unspecified atom stereocenters. The van der Waals surface area contributed by atoms with Crippen molar-refractivity contribution in [3.05, 3.63) is 83.4 Å². The Bertz CT molecular complexity index is 1250. The highest BCUT2D eigenvalue weighted by molar-refractivity contribution is 7.87. The van der Waals surface area contributed by atoms with E-state index < -0.39 is 16.0 Å². The van der Waals surface area contributed by atoms with Crippen LogP contribution in [0.15, 0.2) is 76.7 Å². The molecule has 0 aliphatic rings. The number of hydrogen-bond donors (Lipinski definition) is 1. The summed E-state index contributed by atoms with van der Waals surface area (Å²) in [6.45, 7) is 6.51. The number of nitrogens with one attached hydrogen (secondary N) is 1. The van der Waals surface area contributed by atoms with Crippen molar-refractivity contribution >= 4 is 22.2 Å². The standard InChI is InChI=1S/C25H26N2O6S/c1-4-31-23-15-10-20(16-24(23)32-5-2)25(28)27-26-17-19-8-11-21(12-9-19)33-34(29,30)22-13-6-18(3)7-14-22/h6-17H,4-5H2,1-3H3,(H,27,28)/b26-17+. The summed E-state index contributed by atoms with van der Waals surface area (Å²) in [5, 5.41) is 3.96. The monoisotopic (exact) mass is 482 g/mol. The second kappa shape index (κ2) is 11.3. The molecule has 0 radical (unpaired) electrons. The third kappa shape index (κ3) is 6.58. The van der Waals surface area contributed by atoms with Gasteiger partial charge in [-0.3, -0.25) is 4.79 Å². The average Bonchev–Trinajstić information content (AvgIpc) is 2.81. The first-order chi connectivity index (χ1) is 16.3. The van der Waals surface area contributed by atoms with Crippen LogP contribution in [0.5, 0.6) is 17.2 Å². The van der Waals surface area contributed by atoms with Crippen molar-refractivity contribution in [3.8, 4) is 17.2 Å². The minimum absolute atomic E-state index is 0.0771. The number of nitrogens with zero attached hydrogens (tertiary/aromatic N) is 1. The Kier molecular flexibility index (Phi) is 8.26. The van der Waals surface area contributed by atoms with Crippen LogP contribution in [0.2, 0.25) is 0 Å². The summed E-state index contributed by atoms with van der Waals surface area (Å²) in [7, 11) is -3.93. The van der Waals surface area contributed by atoms with Crippen molar-refractivity contribution in [2.45, 2.75) is 25.7 Å². The van der Waals surface area contributed by atoms with Crippen LogP contribution in [0.4, 0.5) is 0 Å². The van der Waals surface area contributed by atoms with Gasteiger partial charge in [-0.25, -0.2) is 5.43 Å². The number of rotatable bonds is 10. The first-order valence-electron chi connectivity index (χ1n) is 10.7. The Balaban J connectivity index is 1.61. The first-order valence-corrected chi connectivity index (χ1v) is 12.1. The maximum Gasteiger partial charge on any atom is 0.339 e. The number of hydrazone groups is 1. The Labute approximate surface area is 199 Å². The third-order valence-corrected chi connectivity index (χ3v) is 5.84. The molecule has 0 saturated carbocycles. The number of aryl methyl sites for hydroxylation is 1. The summed E-state index contributed by atoms with van der Waals surface area (Å²) in [5.74, 6) is 0.803. The van der Waals surface area contributed by atoms with E-state index >= 15 is 0 Å². The molecule has 0 atom stereocenters. The predicted molar refractivity (Wildman–Crippen MR) is 129 cm³/mol. The predicted octanol–water partition coefficient (Wildman–Crippen LogP) is 4.32. The summed E-state index contributed by atoms with van der Waals surface area (Å²) in [5.41, 5.74) is 4.42. The molecule has 178 valence electrons. The van der Waals surface area contributed by atoms with E-state index in [1.165, 1.54) is 30.5 Å². The van der Waals surface area contributed by atoms with Crippen LogP contribution in [-0.2, 0) is 10.1 Å². The molecular weight excluding hydrogens is 456 g/mol. The lowest BCUT2D eigenvalue weighted by atomic mass is 10.2. The highest BCUT2D eigenvalue weighted by atomic mass is 32.2. The van der Waals surface area contributed by atoms with Gasteiger partial charge in [-0.05, 0) is 80.9 Å². The number of ether oxygens (including phenoxy) is 2. The fourth-order valence-electron chi connectivity index (χ4n) is 2.91. The normalized spacial score (nSPS) is 11.3. The second-order valence-corrected chi connectivity index (χ2v) is 8.69. The molecule has 34 heavy (non-hydrogen) atoms. The minimum atomic E-state index is -3.93. The fraction of sp³-hybridized carbons (Fsp3) is 0.200. The smallest absolute Gasteiger partial charge is 0.339 e. The van der Waals surface area contributed by atoms with Gasteiger partial charge in [-0.15, -0.1) is 0 Å². The van der Waals surface area contributed by atoms with Crippen LogP contribution >= 0.6 is 0 Å². The Morgan fingerprint density at radius 1 is 0.912 bits per heavy atom. The Morgan fingerprint density at radius 3 is 2.21 bits per heavy atom. The minimum Gasteiger partial charge on any atom is -0.490 e. The van der Waals surface area contributed by atoms with Crippen molar-refractivity contribution < 1.29 is 26.9 Å². The van der Waals surface area contributed by atoms with Crippen molar-refractivity contribution in [3.63, 3.8) is 0 Å². The molecule has 0 bridgehead atoms. The summed E-state index contributed by atoms with van der Waals surface area (Å²) in [6.07, 6.45) is 1.44. The van der Waals surface area contributed by atoms with Crippen LogP contribution in [0.3, 0.4) is 0 Å². The van der Waals surface area contributed by atoms with Crippen LogP contribution in [0.1, 0.15) is 35.3 Å². The molecule has 3 rings (SSSR count). The molecule has 0 aliphatic heterocycles. The molecule has 3 aromatic carbocycles. The van der Waals surface area contributed by atoms with Gasteiger partial charge >= 0.3 is 10.1 Å². The van der Waals surface area contributed by atoms with Gasteiger partial charge in [-0.1, -0.05) is 17.7 Å². The largest absolute Gasteiger partial charge is 0.490 e. The van der Waals surface area contributed by atoms with Crippen molar-refractivity contribution in [1.29, 1.82) is 0 Å². The highest BCUT2D eigenvalue weighted by Crippen LogP contribution is 2.28. The van der Waals surface area contributed by atoms with E-state index in [1.807, 2.05) is 20.8 Å². The number of carbonyl (C=O) groups excluding carboxylic acids is 1. The van der Waals surface area contributed by atoms with E-state index in [4.69, 9.17) is 13.7 Å². The molecule has 3 aromatic rings. The Morgan fingerprint density at radius 2 is 1.56 bits per heavy atom. The van der Waals surface area contributed by atoms with Crippen LogP contribution in [0.25, 0.3) is 0 Å². The summed E-state index contributed by atoms with van der Waals surface area (Å²) in [4.78, 5) is 12.5. The van der Waals surface area contributed by atoms with E-state index in [-0.39, 0.29) is 10.6 Å². The van der Waals surface area contributed by atoms with Gasteiger partial charge in [0, 0.05) is 5.56 Å². The van der Waals surface area contributed by atoms with Crippen LogP contribution in [-0.4, -0.2) is 33.8 Å². The average molecular weight is 483 g/mol. The molecular formula is C25H26N2O6S. The Hall–Kier alpha value is -3.85. The lowest BCUT2D eigenvalue weighted by molar-refractivity contribution is 0.0954. The summed E-state index contributed by atoms with van der Waals surface area (Å²) >= 11 is 0. The zero-order valence-corrected chi connectivity index (χ0v) is 20.0. The molecule has 8 nitrogen and oxygen atoms in total. The van der Waals surface area contributed by atoms with E-state index in [9.17, 15) is 13.2 Å². The van der Waals surface area contributed by atoms with Gasteiger partial charge in [0.05, 0.1) is 19.4 Å². The van der Waals surface area contributed by atoms with Gasteiger partial charge in [0.15, 0.2) is 11.5 Å². The molecule has 0 aromatic heterocycles. The number of amides is 1. The van der Waals surface area contributed by atoms with E-state index in [0.717, 1.165) is 5.56 Å². The van der Waals surface area contributed by atoms with Gasteiger partial charge in [0.2, 0.25) is 0 Å². The van der Waals surface area contributed by atoms with Gasteiger partial charge in [-0.2, -0.15) is 13.5 Å². The quantitative estimate of drug-likeness (QED) is 0.262. The van der Waals surface area contributed by atoms with E-state index in [2.05, 4.69) is 10.5 Å². The number of benzene rings is 3. The van der Waals surface area contributed by atoms with Gasteiger partial charge in [0.25, 0.3) is 5.91 Å². The molecule has 9 heteroatoms. The SMILES string of the molecule is CCOc1ccc(C(=O)N/N=C/c2ccc(OS(=O)(=O)c3ccc(C)cc3)cc2)cc1OCC. The van der Waals surface area contributed by atoms with E-state index in [0.29, 0.717) is 35.8 Å². The molecule has 0 fully saturated rings. The second-order valence-electron chi connectivity index (χ2n) is 7.15. The third-order valence-electron chi connectivity index (χ3n) is 4.58. The first kappa shape index (κ1) is 24.8. The van der Waals surface area contributed by atoms with Gasteiger partial charge < -0.3 is 13.7 Å². The zero-order chi connectivity index (χ0) is 24.6. The fourth-order valence-corrected chi connectivity index (χ4v) is 3.84. The van der Waals surface area contributed by atoms with Gasteiger partial charge in [0.1, 0.15) is 10.6 Å². The highest BCUT2D eigenvalue weighted by Gasteiger charge is 2.16.